The first-order valence-electron chi connectivity index (χ1n) is 9.15. The lowest BCUT2D eigenvalue weighted by atomic mass is 10.0. The Kier molecular flexibility index (Phi) is 5.38. The van der Waals surface area contributed by atoms with Gasteiger partial charge in [0.1, 0.15) is 17.9 Å². The van der Waals surface area contributed by atoms with E-state index < -0.39 is 11.6 Å². The van der Waals surface area contributed by atoms with E-state index in [9.17, 15) is 9.59 Å². The number of ether oxygens (including phenoxy) is 2. The van der Waals surface area contributed by atoms with Gasteiger partial charge in [0.25, 0.3) is 0 Å². The van der Waals surface area contributed by atoms with Crippen LogP contribution in [0.4, 0.5) is 0 Å². The summed E-state index contributed by atoms with van der Waals surface area (Å²) in [5.74, 6) is -0.0593. The molecule has 0 aliphatic rings. The lowest BCUT2D eigenvalue weighted by molar-refractivity contribution is -0.147. The van der Waals surface area contributed by atoms with E-state index in [1.54, 1.807) is 12.1 Å². The molecule has 144 valence electrons. The monoisotopic (exact) mass is 386 g/mol. The Labute approximate surface area is 167 Å². The van der Waals surface area contributed by atoms with Crippen molar-refractivity contribution in [3.63, 3.8) is 0 Å². The first-order valence-corrected chi connectivity index (χ1v) is 9.15. The van der Waals surface area contributed by atoms with Gasteiger partial charge in [-0.1, -0.05) is 60.7 Å². The predicted octanol–water partition coefficient (Wildman–Crippen LogP) is 4.58. The van der Waals surface area contributed by atoms with Gasteiger partial charge in [0.05, 0.1) is 0 Å². The third kappa shape index (κ3) is 4.52. The summed E-state index contributed by atoms with van der Waals surface area (Å²) in [4.78, 5) is 23.9. The summed E-state index contributed by atoms with van der Waals surface area (Å²) in [6, 6.07) is 25.6. The van der Waals surface area contributed by atoms with Gasteiger partial charge in [-0.3, -0.25) is 0 Å². The van der Waals surface area contributed by atoms with Crippen molar-refractivity contribution in [3.8, 4) is 16.9 Å². The van der Waals surface area contributed by atoms with E-state index in [-0.39, 0.29) is 13.2 Å². The maximum Gasteiger partial charge on any atom is 0.344 e. The number of hydrogen-bond donors (Lipinski definition) is 0. The Balaban J connectivity index is 1.48. The van der Waals surface area contributed by atoms with E-state index in [1.165, 1.54) is 6.07 Å². The number of carbonyl (C=O) groups is 1. The SMILES string of the molecule is O=C(COc1ccc2c(-c3ccccc3)cc(=O)oc2c1)OCc1ccccc1. The topological polar surface area (TPSA) is 65.7 Å². The number of rotatable bonds is 6. The van der Waals surface area contributed by atoms with E-state index in [0.29, 0.717) is 11.3 Å². The molecule has 3 aromatic carbocycles. The molecule has 29 heavy (non-hydrogen) atoms. The van der Waals surface area contributed by atoms with Gasteiger partial charge < -0.3 is 13.9 Å². The summed E-state index contributed by atoms with van der Waals surface area (Å²) >= 11 is 0. The quantitative estimate of drug-likeness (QED) is 0.358. The first-order chi connectivity index (χ1) is 14.2. The molecule has 0 fully saturated rings. The molecule has 0 atom stereocenters. The van der Waals surface area contributed by atoms with Crippen LogP contribution in [-0.2, 0) is 16.1 Å². The maximum atomic E-state index is 12.0. The Morgan fingerprint density at radius 1 is 0.862 bits per heavy atom. The molecule has 5 nitrogen and oxygen atoms in total. The van der Waals surface area contributed by atoms with Crippen LogP contribution in [0.3, 0.4) is 0 Å². The fourth-order valence-corrected chi connectivity index (χ4v) is 3.01. The summed E-state index contributed by atoms with van der Waals surface area (Å²) in [6.07, 6.45) is 0. The van der Waals surface area contributed by atoms with E-state index in [4.69, 9.17) is 13.9 Å². The normalized spacial score (nSPS) is 10.6. The minimum atomic E-state index is -0.478. The third-order valence-corrected chi connectivity index (χ3v) is 4.40. The minimum absolute atomic E-state index is 0.191. The van der Waals surface area contributed by atoms with Gasteiger partial charge in [0.15, 0.2) is 6.61 Å². The second-order valence-electron chi connectivity index (χ2n) is 6.44. The molecular weight excluding hydrogens is 368 g/mol. The van der Waals surface area contributed by atoms with Gasteiger partial charge >= 0.3 is 11.6 Å². The smallest absolute Gasteiger partial charge is 0.344 e. The largest absolute Gasteiger partial charge is 0.482 e. The molecule has 0 aliphatic carbocycles. The van der Waals surface area contributed by atoms with Gasteiger partial charge in [0, 0.05) is 17.5 Å². The molecule has 1 heterocycles. The van der Waals surface area contributed by atoms with Crippen molar-refractivity contribution in [1.82, 2.24) is 0 Å². The van der Waals surface area contributed by atoms with Crippen molar-refractivity contribution in [2.24, 2.45) is 0 Å². The number of fused-ring (bicyclic) bond motifs is 1. The first kappa shape index (κ1) is 18.5. The third-order valence-electron chi connectivity index (χ3n) is 4.40. The van der Waals surface area contributed by atoms with E-state index in [2.05, 4.69) is 0 Å². The van der Waals surface area contributed by atoms with Gasteiger partial charge in [0.2, 0.25) is 0 Å². The molecular formula is C24H18O5. The minimum Gasteiger partial charge on any atom is -0.482 e. The standard InChI is InChI=1S/C24H18O5/c25-23-14-21(18-9-5-2-6-10-18)20-12-11-19(13-22(20)29-23)27-16-24(26)28-15-17-7-3-1-4-8-17/h1-14H,15-16H2. The summed E-state index contributed by atoms with van der Waals surface area (Å²) in [5.41, 5.74) is 2.55. The molecule has 0 bridgehead atoms. The second kappa shape index (κ2) is 8.44. The number of hydrogen-bond acceptors (Lipinski definition) is 5. The molecule has 0 saturated heterocycles. The van der Waals surface area contributed by atoms with Crippen LogP contribution < -0.4 is 10.4 Å². The molecule has 4 aromatic rings. The van der Waals surface area contributed by atoms with Crippen LogP contribution in [0.25, 0.3) is 22.1 Å². The Bertz CT molecular complexity index is 1180. The van der Waals surface area contributed by atoms with Crippen LogP contribution >= 0.6 is 0 Å². The van der Waals surface area contributed by atoms with Crippen molar-refractivity contribution >= 4 is 16.9 Å². The summed E-state index contributed by atoms with van der Waals surface area (Å²) in [5, 5.41) is 0.787. The molecule has 0 saturated carbocycles. The summed E-state index contributed by atoms with van der Waals surface area (Å²) in [6.45, 7) is -0.0446. The number of carbonyl (C=O) groups excluding carboxylic acids is 1. The fourth-order valence-electron chi connectivity index (χ4n) is 3.01. The zero-order valence-corrected chi connectivity index (χ0v) is 15.5. The van der Waals surface area contributed by atoms with E-state index >= 15 is 0 Å². The summed E-state index contributed by atoms with van der Waals surface area (Å²) < 4.78 is 16.0. The zero-order valence-electron chi connectivity index (χ0n) is 15.5. The average molecular weight is 386 g/mol. The van der Waals surface area contributed by atoms with Crippen LogP contribution in [0.2, 0.25) is 0 Å². The fraction of sp³-hybridized carbons (Fsp3) is 0.0833. The van der Waals surface area contributed by atoms with Crippen molar-refractivity contribution in [2.45, 2.75) is 6.61 Å². The van der Waals surface area contributed by atoms with Crippen LogP contribution in [0.1, 0.15) is 5.56 Å². The van der Waals surface area contributed by atoms with Crippen LogP contribution in [0.15, 0.2) is 94.1 Å². The molecule has 0 aliphatic heterocycles. The number of benzene rings is 3. The summed E-state index contributed by atoms with van der Waals surface area (Å²) in [7, 11) is 0. The van der Waals surface area contributed by atoms with Crippen LogP contribution in [0.5, 0.6) is 5.75 Å². The van der Waals surface area contributed by atoms with Crippen LogP contribution in [0, 0.1) is 0 Å². The Morgan fingerprint density at radius 3 is 2.34 bits per heavy atom. The van der Waals surface area contributed by atoms with Crippen molar-refractivity contribution < 1.29 is 18.7 Å². The molecule has 0 unspecified atom stereocenters. The van der Waals surface area contributed by atoms with Gasteiger partial charge in [-0.05, 0) is 28.8 Å². The second-order valence-corrected chi connectivity index (χ2v) is 6.44. The van der Waals surface area contributed by atoms with E-state index in [1.807, 2.05) is 66.7 Å². The molecule has 0 amide bonds. The average Bonchev–Trinajstić information content (AvgIpc) is 2.76. The molecule has 0 spiro atoms. The molecule has 4 rings (SSSR count). The molecule has 1 aromatic heterocycles. The number of esters is 1. The highest BCUT2D eigenvalue weighted by Crippen LogP contribution is 2.29. The van der Waals surface area contributed by atoms with E-state index in [0.717, 1.165) is 22.1 Å². The van der Waals surface area contributed by atoms with Crippen LogP contribution in [-0.4, -0.2) is 12.6 Å². The Hall–Kier alpha value is -3.86. The van der Waals surface area contributed by atoms with Crippen molar-refractivity contribution in [3.05, 3.63) is 101 Å². The highest BCUT2D eigenvalue weighted by molar-refractivity contribution is 5.93. The highest BCUT2D eigenvalue weighted by Gasteiger charge is 2.10. The predicted molar refractivity (Wildman–Crippen MR) is 110 cm³/mol. The lowest BCUT2D eigenvalue weighted by Gasteiger charge is -2.09. The highest BCUT2D eigenvalue weighted by atomic mass is 16.6. The molecule has 0 N–H and O–H groups in total. The van der Waals surface area contributed by atoms with Gasteiger partial charge in [-0.25, -0.2) is 9.59 Å². The van der Waals surface area contributed by atoms with Crippen molar-refractivity contribution in [1.29, 1.82) is 0 Å². The van der Waals surface area contributed by atoms with Gasteiger partial charge in [-0.15, -0.1) is 0 Å². The molecule has 0 radical (unpaired) electrons. The maximum absolute atomic E-state index is 12.0. The lowest BCUT2D eigenvalue weighted by Crippen LogP contribution is -2.14. The van der Waals surface area contributed by atoms with Gasteiger partial charge in [-0.2, -0.15) is 0 Å². The van der Waals surface area contributed by atoms with Crippen molar-refractivity contribution in [2.75, 3.05) is 6.61 Å². The molecule has 5 heteroatoms. The Morgan fingerprint density at radius 2 is 1.59 bits per heavy atom. The zero-order chi connectivity index (χ0) is 20.1.